The van der Waals surface area contributed by atoms with Gasteiger partial charge in [-0.2, -0.15) is 0 Å². The van der Waals surface area contributed by atoms with Gasteiger partial charge in [0.1, 0.15) is 17.5 Å². The summed E-state index contributed by atoms with van der Waals surface area (Å²) in [6, 6.07) is 4.76. The van der Waals surface area contributed by atoms with Gasteiger partial charge in [-0.05, 0) is 38.5 Å². The van der Waals surface area contributed by atoms with E-state index >= 15 is 0 Å². The normalized spacial score (nSPS) is 21.6. The van der Waals surface area contributed by atoms with Gasteiger partial charge >= 0.3 is 12.1 Å². The van der Waals surface area contributed by atoms with Crippen LogP contribution in [0.4, 0.5) is 9.18 Å². The number of nitrogens with zero attached hydrogens (tertiary/aromatic N) is 1. The van der Waals surface area contributed by atoms with E-state index in [-0.39, 0.29) is 6.54 Å². The van der Waals surface area contributed by atoms with Crippen LogP contribution in [0.1, 0.15) is 32.3 Å². The summed E-state index contributed by atoms with van der Waals surface area (Å²) in [7, 11) is 0. The van der Waals surface area contributed by atoms with Crippen LogP contribution >= 0.6 is 0 Å². The Kier molecular flexibility index (Phi) is 3.89. The highest BCUT2D eigenvalue weighted by molar-refractivity contribution is 5.83. The highest BCUT2D eigenvalue weighted by atomic mass is 19.1. The van der Waals surface area contributed by atoms with E-state index in [1.54, 1.807) is 26.8 Å². The zero-order valence-corrected chi connectivity index (χ0v) is 12.2. The number of hydrogen-bond acceptors (Lipinski definition) is 3. The first-order chi connectivity index (χ1) is 9.69. The number of likely N-dealkylation sites (tertiary alicyclic amines) is 1. The molecule has 2 atom stereocenters. The van der Waals surface area contributed by atoms with Crippen LogP contribution in [0, 0.1) is 5.82 Å². The van der Waals surface area contributed by atoms with E-state index in [9.17, 15) is 19.1 Å². The molecule has 1 heterocycles. The summed E-state index contributed by atoms with van der Waals surface area (Å²) in [5, 5.41) is 9.31. The van der Waals surface area contributed by atoms with E-state index in [1.165, 1.54) is 18.2 Å². The van der Waals surface area contributed by atoms with Crippen LogP contribution in [0.15, 0.2) is 24.3 Å². The third-order valence-electron chi connectivity index (χ3n) is 3.27. The van der Waals surface area contributed by atoms with Gasteiger partial charge in [0, 0.05) is 12.5 Å². The number of carboxylic acid groups (broad SMARTS) is 1. The molecule has 1 fully saturated rings. The molecule has 0 aliphatic carbocycles. The molecule has 1 aromatic rings. The molecule has 0 radical (unpaired) electrons. The van der Waals surface area contributed by atoms with Crippen molar-refractivity contribution in [3.63, 3.8) is 0 Å². The molecule has 2 unspecified atom stereocenters. The first-order valence-corrected chi connectivity index (χ1v) is 6.67. The van der Waals surface area contributed by atoms with E-state index < -0.39 is 35.4 Å². The Hall–Kier alpha value is -2.11. The molecular formula is C15H18FNO4. The maximum absolute atomic E-state index is 13.2. The molecule has 1 aliphatic rings. The number of amides is 1. The Morgan fingerprint density at radius 2 is 2.05 bits per heavy atom. The van der Waals surface area contributed by atoms with Gasteiger partial charge in [0.15, 0.2) is 0 Å². The van der Waals surface area contributed by atoms with Crippen molar-refractivity contribution in [1.82, 2.24) is 4.90 Å². The molecule has 1 N–H and O–H groups in total. The number of aliphatic carboxylic acids is 1. The Morgan fingerprint density at radius 3 is 2.57 bits per heavy atom. The Labute approximate surface area is 122 Å². The number of carbonyl (C=O) groups is 2. The third-order valence-corrected chi connectivity index (χ3v) is 3.27. The van der Waals surface area contributed by atoms with Gasteiger partial charge in [0.2, 0.25) is 0 Å². The van der Waals surface area contributed by atoms with Crippen LogP contribution in [0.3, 0.4) is 0 Å². The highest BCUT2D eigenvalue weighted by Crippen LogP contribution is 2.35. The van der Waals surface area contributed by atoms with Crippen LogP contribution in [0.2, 0.25) is 0 Å². The van der Waals surface area contributed by atoms with Crippen LogP contribution in [0.5, 0.6) is 0 Å². The lowest BCUT2D eigenvalue weighted by Gasteiger charge is -2.45. The van der Waals surface area contributed by atoms with E-state index in [2.05, 4.69) is 0 Å². The smallest absolute Gasteiger partial charge is 0.411 e. The molecular weight excluding hydrogens is 277 g/mol. The minimum absolute atomic E-state index is 0.204. The van der Waals surface area contributed by atoms with Crippen molar-refractivity contribution in [2.45, 2.75) is 38.3 Å². The predicted molar refractivity (Wildman–Crippen MR) is 73.5 cm³/mol. The lowest BCUT2D eigenvalue weighted by molar-refractivity contribution is -0.149. The van der Waals surface area contributed by atoms with Gasteiger partial charge in [-0.3, -0.25) is 4.90 Å². The number of rotatable bonds is 2. The fraction of sp³-hybridized carbons (Fsp3) is 0.467. The van der Waals surface area contributed by atoms with Crippen molar-refractivity contribution < 1.29 is 23.8 Å². The summed E-state index contributed by atoms with van der Waals surface area (Å²) >= 11 is 0. The second-order valence-corrected chi connectivity index (χ2v) is 6.08. The molecule has 1 saturated heterocycles. The number of benzene rings is 1. The molecule has 1 aliphatic heterocycles. The zero-order valence-electron chi connectivity index (χ0n) is 12.2. The summed E-state index contributed by atoms with van der Waals surface area (Å²) in [4.78, 5) is 24.5. The average molecular weight is 295 g/mol. The van der Waals surface area contributed by atoms with Gasteiger partial charge in [-0.1, -0.05) is 12.1 Å². The van der Waals surface area contributed by atoms with Gasteiger partial charge in [-0.25, -0.2) is 14.0 Å². The van der Waals surface area contributed by atoms with Crippen LogP contribution < -0.4 is 0 Å². The largest absolute Gasteiger partial charge is 0.480 e. The Balaban J connectivity index is 2.15. The van der Waals surface area contributed by atoms with E-state index in [1.807, 2.05) is 0 Å². The zero-order chi connectivity index (χ0) is 15.8. The van der Waals surface area contributed by atoms with Gasteiger partial charge in [0.25, 0.3) is 0 Å². The number of ether oxygens (including phenoxy) is 1. The summed E-state index contributed by atoms with van der Waals surface area (Å²) < 4.78 is 18.4. The molecule has 0 saturated carbocycles. The second-order valence-electron chi connectivity index (χ2n) is 6.08. The lowest BCUT2D eigenvalue weighted by Crippen LogP contribution is -2.61. The number of hydrogen-bond donors (Lipinski definition) is 1. The SMILES string of the molecule is CC(C)(C)OC(=O)N1CC(c2cccc(F)c2)C1C(=O)O. The lowest BCUT2D eigenvalue weighted by atomic mass is 9.83. The standard InChI is InChI=1S/C15H18FNO4/c1-15(2,3)21-14(20)17-8-11(12(17)13(18)19)9-5-4-6-10(16)7-9/h4-7,11-12H,8H2,1-3H3,(H,18,19). The third kappa shape index (κ3) is 3.32. The molecule has 5 nitrogen and oxygen atoms in total. The van der Waals surface area contributed by atoms with Crippen LogP contribution in [0.25, 0.3) is 0 Å². The monoisotopic (exact) mass is 295 g/mol. The molecule has 0 bridgehead atoms. The molecule has 0 aromatic heterocycles. The van der Waals surface area contributed by atoms with Crippen molar-refractivity contribution in [1.29, 1.82) is 0 Å². The van der Waals surface area contributed by atoms with Crippen molar-refractivity contribution >= 4 is 12.1 Å². The first kappa shape index (κ1) is 15.3. The summed E-state index contributed by atoms with van der Waals surface area (Å²) in [5.74, 6) is -1.97. The van der Waals surface area contributed by atoms with Crippen LogP contribution in [-0.4, -0.2) is 40.3 Å². The summed E-state index contributed by atoms with van der Waals surface area (Å²) in [6.07, 6.45) is -0.664. The molecule has 2 rings (SSSR count). The molecule has 114 valence electrons. The number of carboxylic acids is 1. The van der Waals surface area contributed by atoms with Crippen molar-refractivity contribution in [2.24, 2.45) is 0 Å². The maximum Gasteiger partial charge on any atom is 0.411 e. The van der Waals surface area contributed by atoms with Crippen molar-refractivity contribution in [2.75, 3.05) is 6.54 Å². The molecule has 21 heavy (non-hydrogen) atoms. The fourth-order valence-electron chi connectivity index (χ4n) is 2.34. The van der Waals surface area contributed by atoms with Gasteiger partial charge < -0.3 is 9.84 Å². The topological polar surface area (TPSA) is 66.8 Å². The minimum atomic E-state index is -1.12. The van der Waals surface area contributed by atoms with Crippen LogP contribution in [-0.2, 0) is 9.53 Å². The van der Waals surface area contributed by atoms with E-state index in [0.717, 1.165) is 4.90 Å². The first-order valence-electron chi connectivity index (χ1n) is 6.67. The fourth-order valence-corrected chi connectivity index (χ4v) is 2.34. The van der Waals surface area contributed by atoms with E-state index in [0.29, 0.717) is 5.56 Å². The quantitative estimate of drug-likeness (QED) is 0.910. The molecule has 6 heteroatoms. The summed E-state index contributed by atoms with van der Waals surface area (Å²) in [6.45, 7) is 5.34. The average Bonchev–Trinajstić information content (AvgIpc) is 2.23. The molecule has 0 spiro atoms. The molecule has 1 amide bonds. The Morgan fingerprint density at radius 1 is 1.38 bits per heavy atom. The van der Waals surface area contributed by atoms with Gasteiger partial charge in [0.05, 0.1) is 0 Å². The second kappa shape index (κ2) is 5.35. The number of carbonyl (C=O) groups excluding carboxylic acids is 1. The van der Waals surface area contributed by atoms with E-state index in [4.69, 9.17) is 4.74 Å². The highest BCUT2D eigenvalue weighted by Gasteiger charge is 2.48. The van der Waals surface area contributed by atoms with Crippen molar-refractivity contribution in [3.05, 3.63) is 35.6 Å². The van der Waals surface area contributed by atoms with Gasteiger partial charge in [-0.15, -0.1) is 0 Å². The summed E-state index contributed by atoms with van der Waals surface area (Å²) in [5.41, 5.74) is -0.119. The Bertz CT molecular complexity index is 567. The van der Waals surface area contributed by atoms with Crippen molar-refractivity contribution in [3.8, 4) is 0 Å². The number of halogens is 1. The minimum Gasteiger partial charge on any atom is -0.480 e. The maximum atomic E-state index is 13.2. The molecule has 1 aromatic carbocycles. The predicted octanol–water partition coefficient (Wildman–Crippen LogP) is 2.61.